The number of anilines is 2. The maximum absolute atomic E-state index is 13.7. The Balaban J connectivity index is 1.89. The van der Waals surface area contributed by atoms with Crippen molar-refractivity contribution in [1.29, 1.82) is 0 Å². The fourth-order valence-corrected chi connectivity index (χ4v) is 2.63. The number of carbonyl (C=O) groups is 2. The minimum Gasteiger partial charge on any atom is -0.326 e. The summed E-state index contributed by atoms with van der Waals surface area (Å²) in [6.45, 7) is 0. The molecule has 112 valence electrons. The highest BCUT2D eigenvalue weighted by Gasteiger charge is 2.30. The third kappa shape index (κ3) is 2.80. The van der Waals surface area contributed by atoms with Gasteiger partial charge >= 0.3 is 0 Å². The summed E-state index contributed by atoms with van der Waals surface area (Å²) in [6, 6.07) is 11.0. The molecule has 2 N–H and O–H groups in total. The van der Waals surface area contributed by atoms with Crippen LogP contribution in [0.15, 0.2) is 42.5 Å². The minimum atomic E-state index is -0.664. The van der Waals surface area contributed by atoms with Gasteiger partial charge in [0.2, 0.25) is 11.8 Å². The van der Waals surface area contributed by atoms with Crippen molar-refractivity contribution in [3.63, 3.8) is 0 Å². The van der Waals surface area contributed by atoms with E-state index >= 15 is 0 Å². The van der Waals surface area contributed by atoms with Crippen molar-refractivity contribution in [3.05, 3.63) is 58.9 Å². The first kappa shape index (κ1) is 14.5. The Hall–Kier alpha value is -2.40. The molecule has 2 amide bonds. The molecule has 0 saturated heterocycles. The fraction of sp³-hybridized carbons (Fsp3) is 0.125. The lowest BCUT2D eigenvalue weighted by Crippen LogP contribution is -2.30. The summed E-state index contributed by atoms with van der Waals surface area (Å²) >= 11 is 5.81. The Morgan fingerprint density at radius 2 is 2.05 bits per heavy atom. The van der Waals surface area contributed by atoms with Gasteiger partial charge in [0.15, 0.2) is 0 Å². The first-order chi connectivity index (χ1) is 10.5. The second-order valence-corrected chi connectivity index (χ2v) is 5.44. The first-order valence-electron chi connectivity index (χ1n) is 6.69. The van der Waals surface area contributed by atoms with Crippen LogP contribution < -0.4 is 10.6 Å². The Morgan fingerprint density at radius 1 is 1.27 bits per heavy atom. The molecule has 0 fully saturated rings. The van der Waals surface area contributed by atoms with Crippen LogP contribution in [0.2, 0.25) is 5.02 Å². The molecule has 1 aliphatic rings. The normalized spacial score (nSPS) is 16.6. The summed E-state index contributed by atoms with van der Waals surface area (Å²) in [5.74, 6) is -1.93. The van der Waals surface area contributed by atoms with E-state index in [9.17, 15) is 14.0 Å². The molecule has 22 heavy (non-hydrogen) atoms. The summed E-state index contributed by atoms with van der Waals surface area (Å²) in [4.78, 5) is 24.2. The largest absolute Gasteiger partial charge is 0.326 e. The maximum Gasteiger partial charge on any atom is 0.232 e. The smallest absolute Gasteiger partial charge is 0.232 e. The number of para-hydroxylation sites is 1. The molecule has 0 aliphatic carbocycles. The first-order valence-corrected chi connectivity index (χ1v) is 7.07. The molecular formula is C16H12ClFN2O2. The molecule has 2 aromatic carbocycles. The van der Waals surface area contributed by atoms with Gasteiger partial charge in [0.25, 0.3) is 0 Å². The second kappa shape index (κ2) is 5.77. The van der Waals surface area contributed by atoms with E-state index in [1.54, 1.807) is 24.3 Å². The van der Waals surface area contributed by atoms with E-state index < -0.39 is 17.6 Å². The zero-order valence-corrected chi connectivity index (χ0v) is 12.2. The van der Waals surface area contributed by atoms with Crippen LogP contribution in [0.5, 0.6) is 0 Å². The molecule has 2 aromatic rings. The lowest BCUT2D eigenvalue weighted by atomic mass is 9.90. The van der Waals surface area contributed by atoms with Gasteiger partial charge in [-0.2, -0.15) is 0 Å². The highest BCUT2D eigenvalue weighted by atomic mass is 35.5. The molecule has 0 aromatic heterocycles. The molecule has 0 unspecified atom stereocenters. The average molecular weight is 319 g/mol. The Kier molecular flexibility index (Phi) is 3.81. The maximum atomic E-state index is 13.7. The van der Waals surface area contributed by atoms with Gasteiger partial charge < -0.3 is 10.6 Å². The van der Waals surface area contributed by atoms with Crippen LogP contribution in [0.25, 0.3) is 0 Å². The molecule has 3 rings (SSSR count). The highest BCUT2D eigenvalue weighted by molar-refractivity contribution is 6.30. The van der Waals surface area contributed by atoms with E-state index in [2.05, 4.69) is 10.6 Å². The van der Waals surface area contributed by atoms with E-state index in [-0.39, 0.29) is 18.0 Å². The van der Waals surface area contributed by atoms with Crippen molar-refractivity contribution in [2.45, 2.75) is 12.3 Å². The molecule has 0 bridgehead atoms. The van der Waals surface area contributed by atoms with E-state index in [0.717, 1.165) is 0 Å². The van der Waals surface area contributed by atoms with Gasteiger partial charge in [0, 0.05) is 17.1 Å². The molecule has 0 spiro atoms. The highest BCUT2D eigenvalue weighted by Crippen LogP contribution is 2.33. The molecule has 1 heterocycles. The van der Waals surface area contributed by atoms with Crippen molar-refractivity contribution in [1.82, 2.24) is 0 Å². The van der Waals surface area contributed by atoms with Crippen LogP contribution >= 0.6 is 11.6 Å². The zero-order valence-electron chi connectivity index (χ0n) is 11.4. The summed E-state index contributed by atoms with van der Waals surface area (Å²) in [7, 11) is 0. The van der Waals surface area contributed by atoms with Crippen molar-refractivity contribution >= 4 is 34.8 Å². The molecule has 1 aliphatic heterocycles. The Morgan fingerprint density at radius 3 is 2.86 bits per heavy atom. The monoisotopic (exact) mass is 318 g/mol. The number of carbonyl (C=O) groups excluding carboxylic acids is 2. The topological polar surface area (TPSA) is 58.2 Å². The van der Waals surface area contributed by atoms with Gasteiger partial charge in [-0.15, -0.1) is 0 Å². The number of rotatable bonds is 2. The Bertz CT molecular complexity index is 764. The summed E-state index contributed by atoms with van der Waals surface area (Å²) in [5, 5.41) is 5.54. The number of hydrogen-bond acceptors (Lipinski definition) is 2. The van der Waals surface area contributed by atoms with Crippen molar-refractivity contribution < 1.29 is 14.0 Å². The average Bonchev–Trinajstić information content (AvgIpc) is 2.50. The molecular weight excluding hydrogens is 307 g/mol. The standard InChI is InChI=1S/C16H12ClFN2O2/c17-9-5-6-12(18)14(7-9)20-16(22)11-8-15(21)19-13-4-2-1-3-10(11)13/h1-7,11H,8H2,(H,19,21)(H,20,22)/t11-/m0/s1. The second-order valence-electron chi connectivity index (χ2n) is 5.01. The lowest BCUT2D eigenvalue weighted by molar-refractivity contribution is -0.123. The van der Waals surface area contributed by atoms with Crippen molar-refractivity contribution in [2.24, 2.45) is 0 Å². The summed E-state index contributed by atoms with van der Waals surface area (Å²) in [6.07, 6.45) is 0.0189. The van der Waals surface area contributed by atoms with Gasteiger partial charge in [-0.05, 0) is 29.8 Å². The number of fused-ring (bicyclic) bond motifs is 1. The fourth-order valence-electron chi connectivity index (χ4n) is 2.46. The number of benzene rings is 2. The number of nitrogens with one attached hydrogen (secondary N) is 2. The van der Waals surface area contributed by atoms with Crippen LogP contribution in [0.3, 0.4) is 0 Å². The number of hydrogen-bond donors (Lipinski definition) is 2. The van der Waals surface area contributed by atoms with E-state index in [0.29, 0.717) is 16.3 Å². The SMILES string of the molecule is O=C1C[C@H](C(=O)Nc2cc(Cl)ccc2F)c2ccccc2N1. The molecule has 0 radical (unpaired) electrons. The van der Waals surface area contributed by atoms with Crippen LogP contribution in [-0.2, 0) is 9.59 Å². The molecule has 1 atom stereocenters. The predicted molar refractivity (Wildman–Crippen MR) is 82.5 cm³/mol. The quantitative estimate of drug-likeness (QED) is 0.889. The summed E-state index contributed by atoms with van der Waals surface area (Å²) < 4.78 is 13.7. The molecule has 0 saturated carbocycles. The van der Waals surface area contributed by atoms with Crippen LogP contribution in [-0.4, -0.2) is 11.8 Å². The zero-order chi connectivity index (χ0) is 15.7. The number of amides is 2. The van der Waals surface area contributed by atoms with Crippen LogP contribution in [0.1, 0.15) is 17.9 Å². The third-order valence-electron chi connectivity index (χ3n) is 3.50. The van der Waals surface area contributed by atoms with Crippen molar-refractivity contribution in [2.75, 3.05) is 10.6 Å². The van der Waals surface area contributed by atoms with E-state index in [1.807, 2.05) is 0 Å². The lowest BCUT2D eigenvalue weighted by Gasteiger charge is -2.24. The third-order valence-corrected chi connectivity index (χ3v) is 3.74. The van der Waals surface area contributed by atoms with Gasteiger partial charge in [-0.25, -0.2) is 4.39 Å². The summed E-state index contributed by atoms with van der Waals surface area (Å²) in [5.41, 5.74) is 1.31. The molecule has 4 nitrogen and oxygen atoms in total. The van der Waals surface area contributed by atoms with E-state index in [1.165, 1.54) is 18.2 Å². The molecule has 6 heteroatoms. The van der Waals surface area contributed by atoms with Crippen LogP contribution in [0.4, 0.5) is 15.8 Å². The Labute approximate surface area is 131 Å². The van der Waals surface area contributed by atoms with Gasteiger partial charge in [-0.3, -0.25) is 9.59 Å². The van der Waals surface area contributed by atoms with E-state index in [4.69, 9.17) is 11.6 Å². The van der Waals surface area contributed by atoms with Crippen molar-refractivity contribution in [3.8, 4) is 0 Å². The van der Waals surface area contributed by atoms with Crippen LogP contribution in [0, 0.1) is 5.82 Å². The van der Waals surface area contributed by atoms with Gasteiger partial charge in [0.05, 0.1) is 11.6 Å². The van der Waals surface area contributed by atoms with Gasteiger partial charge in [-0.1, -0.05) is 29.8 Å². The number of halogens is 2. The minimum absolute atomic E-state index is 0.000891. The predicted octanol–water partition coefficient (Wildman–Crippen LogP) is 3.54. The van der Waals surface area contributed by atoms with Gasteiger partial charge in [0.1, 0.15) is 5.82 Å².